The average Bonchev–Trinajstić information content (AvgIpc) is 2.91. The molecule has 0 spiro atoms. The summed E-state index contributed by atoms with van der Waals surface area (Å²) in [5, 5.41) is 3.80. The Morgan fingerprint density at radius 2 is 2.18 bits per heavy atom. The number of benzene rings is 1. The minimum atomic E-state index is -0.422. The molecule has 1 unspecified atom stereocenters. The van der Waals surface area contributed by atoms with Gasteiger partial charge in [-0.3, -0.25) is 4.79 Å². The molecule has 1 aliphatic heterocycles. The maximum absolute atomic E-state index is 12.3. The Labute approximate surface area is 104 Å². The molecule has 0 N–H and O–H groups in total. The van der Waals surface area contributed by atoms with Crippen molar-refractivity contribution in [3.63, 3.8) is 0 Å². The van der Waals surface area contributed by atoms with E-state index in [1.54, 1.807) is 0 Å². The van der Waals surface area contributed by atoms with Gasteiger partial charge in [0.2, 0.25) is 0 Å². The summed E-state index contributed by atoms with van der Waals surface area (Å²) in [5.41, 5.74) is 3.00. The van der Waals surface area contributed by atoms with E-state index in [0.717, 1.165) is 17.5 Å². The quantitative estimate of drug-likeness (QED) is 0.758. The highest BCUT2D eigenvalue weighted by atomic mass is 32.1. The van der Waals surface area contributed by atoms with E-state index in [2.05, 4.69) is 6.07 Å². The van der Waals surface area contributed by atoms with Crippen LogP contribution in [0.25, 0.3) is 0 Å². The summed E-state index contributed by atoms with van der Waals surface area (Å²) in [5.74, 6) is 0.0680. The first-order valence-corrected chi connectivity index (χ1v) is 6.56. The zero-order valence-corrected chi connectivity index (χ0v) is 10.1. The first-order chi connectivity index (χ1) is 8.36. The van der Waals surface area contributed by atoms with Crippen LogP contribution in [0.15, 0.2) is 41.1 Å². The maximum Gasteiger partial charge on any atom is 0.196 e. The predicted octanol–water partition coefficient (Wildman–Crippen LogP) is 3.24. The molecule has 0 saturated heterocycles. The highest BCUT2D eigenvalue weighted by molar-refractivity contribution is 7.08. The first-order valence-electron chi connectivity index (χ1n) is 5.62. The van der Waals surface area contributed by atoms with Gasteiger partial charge in [0, 0.05) is 10.9 Å². The average molecular weight is 244 g/mol. The Bertz CT molecular complexity index is 531. The van der Waals surface area contributed by atoms with Crippen LogP contribution in [0, 0.1) is 0 Å². The van der Waals surface area contributed by atoms with E-state index in [1.807, 2.05) is 35.0 Å². The minimum Gasteiger partial charge on any atom is -0.365 e. The third-order valence-corrected chi connectivity index (χ3v) is 3.72. The summed E-state index contributed by atoms with van der Waals surface area (Å²) < 4.78 is 5.65. The lowest BCUT2D eigenvalue weighted by Gasteiger charge is -2.24. The van der Waals surface area contributed by atoms with Gasteiger partial charge < -0.3 is 4.74 Å². The Hall–Kier alpha value is -1.45. The van der Waals surface area contributed by atoms with Crippen LogP contribution in [0.1, 0.15) is 27.6 Å². The highest BCUT2D eigenvalue weighted by Crippen LogP contribution is 2.30. The van der Waals surface area contributed by atoms with Crippen LogP contribution in [0.3, 0.4) is 0 Å². The van der Waals surface area contributed by atoms with Crippen LogP contribution in [0.2, 0.25) is 0 Å². The SMILES string of the molecule is O=C(c1ccsc1)C1OCCc2ccccc21. The van der Waals surface area contributed by atoms with E-state index in [9.17, 15) is 4.79 Å². The Morgan fingerprint density at radius 3 is 3.00 bits per heavy atom. The molecular formula is C14H12O2S. The van der Waals surface area contributed by atoms with Gasteiger partial charge >= 0.3 is 0 Å². The molecule has 0 fully saturated rings. The number of hydrogen-bond acceptors (Lipinski definition) is 3. The summed E-state index contributed by atoms with van der Waals surface area (Å²) in [6, 6.07) is 9.89. The van der Waals surface area contributed by atoms with Gasteiger partial charge in [-0.15, -0.1) is 0 Å². The molecule has 86 valence electrons. The van der Waals surface area contributed by atoms with Crippen molar-refractivity contribution in [2.45, 2.75) is 12.5 Å². The van der Waals surface area contributed by atoms with Crippen molar-refractivity contribution < 1.29 is 9.53 Å². The van der Waals surface area contributed by atoms with Crippen molar-refractivity contribution in [1.82, 2.24) is 0 Å². The lowest BCUT2D eigenvalue weighted by Crippen LogP contribution is -2.23. The molecule has 1 aromatic carbocycles. The number of carbonyl (C=O) groups is 1. The van der Waals surface area contributed by atoms with Crippen LogP contribution in [0.4, 0.5) is 0 Å². The lowest BCUT2D eigenvalue weighted by atomic mass is 9.93. The molecule has 0 bridgehead atoms. The number of Topliss-reactive ketones (excluding diaryl/α,β-unsaturated/α-hetero) is 1. The van der Waals surface area contributed by atoms with Gasteiger partial charge in [0.25, 0.3) is 0 Å². The van der Waals surface area contributed by atoms with Gasteiger partial charge in [-0.2, -0.15) is 11.3 Å². The topological polar surface area (TPSA) is 26.3 Å². The summed E-state index contributed by atoms with van der Waals surface area (Å²) in [6.45, 7) is 0.623. The Morgan fingerprint density at radius 1 is 1.29 bits per heavy atom. The second-order valence-electron chi connectivity index (χ2n) is 4.08. The van der Waals surface area contributed by atoms with E-state index < -0.39 is 6.10 Å². The normalized spacial score (nSPS) is 18.7. The fourth-order valence-corrected chi connectivity index (χ4v) is 2.81. The summed E-state index contributed by atoms with van der Waals surface area (Å²) in [6.07, 6.45) is 0.471. The standard InChI is InChI=1S/C14H12O2S/c15-13(11-6-8-17-9-11)14-12-4-2-1-3-10(12)5-7-16-14/h1-4,6,8-9,14H,5,7H2. The van der Waals surface area contributed by atoms with E-state index in [0.29, 0.717) is 6.61 Å². The monoisotopic (exact) mass is 244 g/mol. The van der Waals surface area contributed by atoms with E-state index in [-0.39, 0.29) is 5.78 Å². The number of ketones is 1. The van der Waals surface area contributed by atoms with Gasteiger partial charge in [-0.05, 0) is 29.0 Å². The molecule has 1 aliphatic rings. The molecule has 3 rings (SSSR count). The third-order valence-electron chi connectivity index (χ3n) is 3.04. The molecule has 0 saturated carbocycles. The van der Waals surface area contributed by atoms with Gasteiger partial charge in [-0.25, -0.2) is 0 Å². The molecule has 2 aromatic rings. The number of hydrogen-bond donors (Lipinski definition) is 0. The van der Waals surface area contributed by atoms with E-state index >= 15 is 0 Å². The van der Waals surface area contributed by atoms with Crippen LogP contribution < -0.4 is 0 Å². The van der Waals surface area contributed by atoms with Crippen molar-refractivity contribution in [3.05, 3.63) is 57.8 Å². The number of rotatable bonds is 2. The smallest absolute Gasteiger partial charge is 0.196 e. The number of carbonyl (C=O) groups excluding carboxylic acids is 1. The predicted molar refractivity (Wildman–Crippen MR) is 67.5 cm³/mol. The molecule has 1 aromatic heterocycles. The highest BCUT2D eigenvalue weighted by Gasteiger charge is 2.27. The Balaban J connectivity index is 1.98. The van der Waals surface area contributed by atoms with Crippen molar-refractivity contribution in [2.75, 3.05) is 6.61 Å². The largest absolute Gasteiger partial charge is 0.365 e. The maximum atomic E-state index is 12.3. The van der Waals surface area contributed by atoms with Gasteiger partial charge in [0.05, 0.1) is 6.61 Å². The minimum absolute atomic E-state index is 0.0680. The fraction of sp³-hybridized carbons (Fsp3) is 0.214. The molecule has 1 atom stereocenters. The second kappa shape index (κ2) is 4.43. The number of fused-ring (bicyclic) bond motifs is 1. The molecule has 17 heavy (non-hydrogen) atoms. The number of ether oxygens (including phenoxy) is 1. The molecule has 2 nitrogen and oxygen atoms in total. The van der Waals surface area contributed by atoms with Crippen LogP contribution in [-0.4, -0.2) is 12.4 Å². The van der Waals surface area contributed by atoms with Gasteiger partial charge in [-0.1, -0.05) is 24.3 Å². The van der Waals surface area contributed by atoms with E-state index in [4.69, 9.17) is 4.74 Å². The summed E-state index contributed by atoms with van der Waals surface area (Å²) in [4.78, 5) is 12.3. The molecule has 0 aliphatic carbocycles. The molecule has 3 heteroatoms. The van der Waals surface area contributed by atoms with Crippen LogP contribution in [-0.2, 0) is 11.2 Å². The molecule has 0 amide bonds. The molecule has 2 heterocycles. The van der Waals surface area contributed by atoms with Crippen LogP contribution in [0.5, 0.6) is 0 Å². The van der Waals surface area contributed by atoms with Crippen molar-refractivity contribution in [2.24, 2.45) is 0 Å². The Kier molecular flexibility index (Phi) is 2.79. The third kappa shape index (κ3) is 1.92. The van der Waals surface area contributed by atoms with Gasteiger partial charge in [0.1, 0.15) is 6.10 Å². The van der Waals surface area contributed by atoms with E-state index in [1.165, 1.54) is 16.9 Å². The molecular weight excluding hydrogens is 232 g/mol. The first kappa shape index (κ1) is 10.7. The zero-order valence-electron chi connectivity index (χ0n) is 9.26. The second-order valence-corrected chi connectivity index (χ2v) is 4.86. The fourth-order valence-electron chi connectivity index (χ4n) is 2.17. The summed E-state index contributed by atoms with van der Waals surface area (Å²) >= 11 is 1.54. The molecule has 0 radical (unpaired) electrons. The van der Waals surface area contributed by atoms with Crippen molar-refractivity contribution in [3.8, 4) is 0 Å². The number of thiophene rings is 1. The van der Waals surface area contributed by atoms with Crippen molar-refractivity contribution in [1.29, 1.82) is 0 Å². The zero-order chi connectivity index (χ0) is 11.7. The van der Waals surface area contributed by atoms with Crippen molar-refractivity contribution >= 4 is 17.1 Å². The summed E-state index contributed by atoms with van der Waals surface area (Å²) in [7, 11) is 0. The van der Waals surface area contributed by atoms with Crippen LogP contribution >= 0.6 is 11.3 Å². The lowest BCUT2D eigenvalue weighted by molar-refractivity contribution is 0.0349. The van der Waals surface area contributed by atoms with Gasteiger partial charge in [0.15, 0.2) is 5.78 Å².